The quantitative estimate of drug-likeness (QED) is 0.249. The summed E-state index contributed by atoms with van der Waals surface area (Å²) in [5.74, 6) is 0.540. The molecule has 5 unspecified atom stereocenters. The number of hydroxylamine groups is 2. The number of hydrogen-bond donors (Lipinski definition) is 4. The lowest BCUT2D eigenvalue weighted by molar-refractivity contribution is -0.194. The SMILES string of the molecule is CCC1NC(c2ccc3c(c2)CC[C@H]3NC(=O)C2C(C)NN(CCO)C2C2CCCCCCCC2)N(C2CCCCCCCC2)O1. The van der Waals surface area contributed by atoms with Crippen LogP contribution in [0.15, 0.2) is 18.2 Å². The van der Waals surface area contributed by atoms with Crippen LogP contribution in [-0.4, -0.2) is 58.6 Å². The Morgan fingerprint density at radius 2 is 1.59 bits per heavy atom. The van der Waals surface area contributed by atoms with Crippen LogP contribution in [0.1, 0.15) is 158 Å². The largest absolute Gasteiger partial charge is 0.395 e. The van der Waals surface area contributed by atoms with Crippen LogP contribution in [0.5, 0.6) is 0 Å². The smallest absolute Gasteiger partial charge is 0.226 e. The monoisotopic (exact) mass is 637 g/mol. The zero-order chi connectivity index (χ0) is 31.9. The minimum absolute atomic E-state index is 0.0518. The molecule has 4 N–H and O–H groups in total. The topological polar surface area (TPSA) is 89.1 Å². The predicted molar refractivity (Wildman–Crippen MR) is 183 cm³/mol. The maximum absolute atomic E-state index is 14.2. The molecule has 0 spiro atoms. The second-order valence-electron chi connectivity index (χ2n) is 15.2. The third-order valence-corrected chi connectivity index (χ3v) is 11.9. The molecule has 6 atom stereocenters. The number of aliphatic hydroxyl groups is 1. The summed E-state index contributed by atoms with van der Waals surface area (Å²) < 4.78 is 0. The Labute approximate surface area is 278 Å². The van der Waals surface area contributed by atoms with E-state index in [4.69, 9.17) is 4.84 Å². The van der Waals surface area contributed by atoms with Crippen molar-refractivity contribution in [3.63, 3.8) is 0 Å². The zero-order valence-corrected chi connectivity index (χ0v) is 28.9. The number of nitrogens with zero attached hydrogens (tertiary/aromatic N) is 2. The number of carbonyl (C=O) groups excluding carboxylic acids is 1. The number of benzene rings is 1. The van der Waals surface area contributed by atoms with E-state index in [1.807, 2.05) is 0 Å². The van der Waals surface area contributed by atoms with Gasteiger partial charge in [0.05, 0.1) is 18.6 Å². The van der Waals surface area contributed by atoms with Gasteiger partial charge in [0.15, 0.2) is 0 Å². The molecule has 0 bridgehead atoms. The summed E-state index contributed by atoms with van der Waals surface area (Å²) in [6.07, 6.45) is 23.5. The molecule has 0 radical (unpaired) electrons. The number of β-amino-alcohol motifs (C(OH)–C–C–N with tert-alkyl or cyclic N) is 1. The molecule has 8 heteroatoms. The molecule has 2 saturated heterocycles. The molecule has 2 heterocycles. The van der Waals surface area contributed by atoms with Crippen molar-refractivity contribution < 1.29 is 14.7 Å². The first kappa shape index (κ1) is 34.3. The molecule has 258 valence electrons. The highest BCUT2D eigenvalue weighted by Gasteiger charge is 2.47. The van der Waals surface area contributed by atoms with E-state index in [0.717, 1.165) is 19.3 Å². The van der Waals surface area contributed by atoms with Crippen LogP contribution in [0.4, 0.5) is 0 Å². The lowest BCUT2D eigenvalue weighted by Gasteiger charge is -2.34. The van der Waals surface area contributed by atoms with Crippen LogP contribution in [0, 0.1) is 11.8 Å². The fourth-order valence-electron chi connectivity index (χ4n) is 9.49. The van der Waals surface area contributed by atoms with E-state index in [9.17, 15) is 9.90 Å². The fraction of sp³-hybridized carbons (Fsp3) is 0.816. The standard InChI is InChI=1S/C38H63N5O3/c1-3-34-40-37(43(46-34)31-18-14-10-6-7-11-15-19-31)30-20-22-32-29(26-30)21-23-33(32)39-38(45)35-27(2)41-42(24-25-44)36(35)28-16-12-8-4-5-9-13-17-28/h20,22,26-28,31,33-37,40-41,44H,3-19,21,23-25H2,1-2H3,(H,39,45)/t27?,33-,34?,35?,36?,37?/m1/s1. The van der Waals surface area contributed by atoms with Crippen LogP contribution in [0.3, 0.4) is 0 Å². The molecule has 8 nitrogen and oxygen atoms in total. The molecular formula is C38H63N5O3. The van der Waals surface area contributed by atoms with E-state index in [-0.39, 0.29) is 49.0 Å². The van der Waals surface area contributed by atoms with Crippen molar-refractivity contribution in [2.45, 2.75) is 172 Å². The van der Waals surface area contributed by atoms with E-state index >= 15 is 0 Å². The lowest BCUT2D eigenvalue weighted by Crippen LogP contribution is -2.48. The van der Waals surface area contributed by atoms with Crippen LogP contribution >= 0.6 is 0 Å². The molecule has 2 aliphatic heterocycles. The number of aryl methyl sites for hydroxylation is 1. The summed E-state index contributed by atoms with van der Waals surface area (Å²) in [5, 5.41) is 21.8. The van der Waals surface area contributed by atoms with Crippen LogP contribution in [0.2, 0.25) is 0 Å². The van der Waals surface area contributed by atoms with Gasteiger partial charge in [-0.1, -0.05) is 102 Å². The van der Waals surface area contributed by atoms with Gasteiger partial charge < -0.3 is 10.4 Å². The lowest BCUT2D eigenvalue weighted by atomic mass is 9.80. The van der Waals surface area contributed by atoms with Crippen LogP contribution < -0.4 is 16.1 Å². The van der Waals surface area contributed by atoms with E-state index in [2.05, 4.69) is 58.2 Å². The molecule has 6 rings (SSSR count). The molecule has 4 fully saturated rings. The highest BCUT2D eigenvalue weighted by atomic mass is 16.7. The van der Waals surface area contributed by atoms with Crippen molar-refractivity contribution in [3.05, 3.63) is 34.9 Å². The first-order chi connectivity index (χ1) is 22.6. The first-order valence-corrected chi connectivity index (χ1v) is 19.3. The number of hydrogen-bond acceptors (Lipinski definition) is 7. The fourth-order valence-corrected chi connectivity index (χ4v) is 9.49. The van der Waals surface area contributed by atoms with Crippen molar-refractivity contribution in [2.75, 3.05) is 13.2 Å². The number of fused-ring (bicyclic) bond motifs is 1. The zero-order valence-electron chi connectivity index (χ0n) is 28.9. The van der Waals surface area contributed by atoms with Crippen molar-refractivity contribution in [1.82, 2.24) is 26.1 Å². The van der Waals surface area contributed by atoms with Crippen molar-refractivity contribution in [1.29, 1.82) is 0 Å². The van der Waals surface area contributed by atoms with E-state index in [1.165, 1.54) is 119 Å². The summed E-state index contributed by atoms with van der Waals surface area (Å²) in [6, 6.07) is 7.66. The number of carbonyl (C=O) groups is 1. The summed E-state index contributed by atoms with van der Waals surface area (Å²) >= 11 is 0. The van der Waals surface area contributed by atoms with Gasteiger partial charge in [0.1, 0.15) is 12.4 Å². The average molecular weight is 638 g/mol. The number of rotatable bonds is 8. The van der Waals surface area contributed by atoms with Crippen LogP contribution in [0.25, 0.3) is 0 Å². The van der Waals surface area contributed by atoms with Gasteiger partial charge in [-0.3, -0.25) is 20.4 Å². The molecule has 1 amide bonds. The number of aliphatic hydroxyl groups excluding tert-OH is 1. The molecular weight excluding hydrogens is 574 g/mol. The minimum atomic E-state index is -0.118. The molecule has 0 aromatic heterocycles. The summed E-state index contributed by atoms with van der Waals surface area (Å²) in [4.78, 5) is 20.8. The summed E-state index contributed by atoms with van der Waals surface area (Å²) in [5.41, 5.74) is 7.54. The second kappa shape index (κ2) is 16.7. The third kappa shape index (κ3) is 8.01. The maximum atomic E-state index is 14.2. The van der Waals surface area contributed by atoms with Gasteiger partial charge in [-0.25, -0.2) is 5.01 Å². The Kier molecular flexibility index (Phi) is 12.5. The summed E-state index contributed by atoms with van der Waals surface area (Å²) in [6.45, 7) is 5.03. The van der Waals surface area contributed by atoms with Crippen LogP contribution in [-0.2, 0) is 16.1 Å². The molecule has 5 aliphatic rings. The van der Waals surface area contributed by atoms with Gasteiger partial charge in [0.25, 0.3) is 0 Å². The highest BCUT2D eigenvalue weighted by Crippen LogP contribution is 2.39. The summed E-state index contributed by atoms with van der Waals surface area (Å²) in [7, 11) is 0. The Morgan fingerprint density at radius 1 is 0.935 bits per heavy atom. The van der Waals surface area contributed by atoms with E-state index < -0.39 is 0 Å². The third-order valence-electron chi connectivity index (χ3n) is 11.9. The molecule has 1 aromatic carbocycles. The molecule has 46 heavy (non-hydrogen) atoms. The Hall–Kier alpha value is -1.55. The second-order valence-corrected chi connectivity index (χ2v) is 15.2. The van der Waals surface area contributed by atoms with Crippen molar-refractivity contribution >= 4 is 5.91 Å². The van der Waals surface area contributed by atoms with Gasteiger partial charge in [-0.2, -0.15) is 5.06 Å². The highest BCUT2D eigenvalue weighted by molar-refractivity contribution is 5.81. The molecule has 3 aliphatic carbocycles. The normalized spacial score (nSPS) is 33.0. The number of nitrogens with one attached hydrogen (secondary N) is 3. The van der Waals surface area contributed by atoms with Gasteiger partial charge in [-0.05, 0) is 74.5 Å². The van der Waals surface area contributed by atoms with E-state index in [1.54, 1.807) is 0 Å². The van der Waals surface area contributed by atoms with Crippen molar-refractivity contribution in [3.8, 4) is 0 Å². The average Bonchev–Trinajstić information content (AvgIpc) is 3.79. The van der Waals surface area contributed by atoms with Gasteiger partial charge in [0.2, 0.25) is 5.91 Å². The van der Waals surface area contributed by atoms with Gasteiger partial charge >= 0.3 is 0 Å². The van der Waals surface area contributed by atoms with Gasteiger partial charge in [-0.15, -0.1) is 0 Å². The Balaban J connectivity index is 1.16. The number of hydrazine groups is 1. The van der Waals surface area contributed by atoms with E-state index in [0.29, 0.717) is 18.5 Å². The Bertz CT molecular complexity index is 1100. The molecule has 1 aromatic rings. The molecule has 2 saturated carbocycles. The van der Waals surface area contributed by atoms with Gasteiger partial charge in [0, 0.05) is 24.7 Å². The van der Waals surface area contributed by atoms with Crippen molar-refractivity contribution in [2.24, 2.45) is 11.8 Å². The predicted octanol–water partition coefficient (Wildman–Crippen LogP) is 6.80. The Morgan fingerprint density at radius 3 is 2.24 bits per heavy atom. The maximum Gasteiger partial charge on any atom is 0.226 e. The number of amides is 1. The first-order valence-electron chi connectivity index (χ1n) is 19.3. The minimum Gasteiger partial charge on any atom is -0.395 e.